The molecule has 6 heteroatoms. The molecule has 5 rings (SSSR count). The van der Waals surface area contributed by atoms with E-state index in [-0.39, 0.29) is 0 Å². The van der Waals surface area contributed by atoms with Crippen LogP contribution in [0.3, 0.4) is 0 Å². The summed E-state index contributed by atoms with van der Waals surface area (Å²) in [5.41, 5.74) is 5.37. The third-order valence-corrected chi connectivity index (χ3v) is 10.4. The van der Waals surface area contributed by atoms with Crippen molar-refractivity contribution in [1.29, 1.82) is 0 Å². The van der Waals surface area contributed by atoms with Gasteiger partial charge in [0.25, 0.3) is 0 Å². The summed E-state index contributed by atoms with van der Waals surface area (Å²) in [6.07, 6.45) is 3.57. The van der Waals surface area contributed by atoms with Crippen LogP contribution in [0.25, 0.3) is 16.5 Å². The molecular weight excluding hydrogens is 527 g/mol. The van der Waals surface area contributed by atoms with E-state index in [0.717, 1.165) is 37.9 Å². The van der Waals surface area contributed by atoms with E-state index in [9.17, 15) is 8.42 Å². The zero-order valence-corrected chi connectivity index (χ0v) is 23.6. The number of para-hydroxylation sites is 2. The molecule has 0 saturated carbocycles. The Morgan fingerprint density at radius 1 is 0.711 bits per heavy atom. The van der Waals surface area contributed by atoms with Gasteiger partial charge >= 0.3 is 0 Å². The van der Waals surface area contributed by atoms with E-state index < -0.39 is 9.84 Å². The highest BCUT2D eigenvalue weighted by molar-refractivity contribution is 8.18. The average Bonchev–Trinajstić information content (AvgIpc) is 3.42. The highest BCUT2D eigenvalue weighted by Crippen LogP contribution is 2.37. The molecule has 1 heterocycles. The fraction of sp³-hybridized carbons (Fsp3) is 0.0625. The van der Waals surface area contributed by atoms with Crippen molar-refractivity contribution in [3.63, 3.8) is 0 Å². The normalized spacial score (nSPS) is 11.9. The summed E-state index contributed by atoms with van der Waals surface area (Å²) < 4.78 is 26.7. The second-order valence-electron chi connectivity index (χ2n) is 8.74. The minimum atomic E-state index is -3.56. The van der Waals surface area contributed by atoms with Gasteiger partial charge in [-0.3, -0.25) is 0 Å². The first kappa shape index (κ1) is 26.0. The number of aryl methyl sites for hydroxylation is 1. The van der Waals surface area contributed by atoms with Crippen LogP contribution in [-0.4, -0.2) is 14.7 Å². The molecule has 5 aromatic rings. The highest BCUT2D eigenvalue weighted by Gasteiger charge is 2.20. The van der Waals surface area contributed by atoms with Crippen molar-refractivity contribution in [2.45, 2.75) is 11.8 Å². The van der Waals surface area contributed by atoms with Gasteiger partial charge < -0.3 is 4.90 Å². The van der Waals surface area contributed by atoms with Crippen molar-refractivity contribution >= 4 is 56.1 Å². The second-order valence-corrected chi connectivity index (χ2v) is 12.9. The van der Waals surface area contributed by atoms with Gasteiger partial charge in [0, 0.05) is 26.8 Å². The maximum absolute atomic E-state index is 13.2. The van der Waals surface area contributed by atoms with Crippen LogP contribution in [0.15, 0.2) is 130 Å². The van der Waals surface area contributed by atoms with E-state index in [2.05, 4.69) is 53.4 Å². The van der Waals surface area contributed by atoms with Crippen LogP contribution >= 0.6 is 23.1 Å². The summed E-state index contributed by atoms with van der Waals surface area (Å²) >= 11 is 2.83. The Balaban J connectivity index is 1.43. The quantitative estimate of drug-likeness (QED) is 0.192. The summed E-state index contributed by atoms with van der Waals surface area (Å²) in [5, 5.41) is 0. The third-order valence-electron chi connectivity index (χ3n) is 6.12. The maximum Gasteiger partial charge on any atom is 0.212 e. The molecule has 4 aromatic carbocycles. The number of nitrogens with zero attached hydrogens (tertiary/aromatic N) is 1. The minimum absolute atomic E-state index is 0.317. The molecule has 1 aromatic heterocycles. The van der Waals surface area contributed by atoms with Crippen LogP contribution in [-0.2, 0) is 9.84 Å². The largest absolute Gasteiger partial charge is 0.311 e. The smallest absolute Gasteiger partial charge is 0.212 e. The highest BCUT2D eigenvalue weighted by atomic mass is 32.3. The van der Waals surface area contributed by atoms with Crippen LogP contribution in [0.1, 0.15) is 10.4 Å². The number of anilines is 3. The first-order chi connectivity index (χ1) is 18.5. The number of thiophene rings is 1. The summed E-state index contributed by atoms with van der Waals surface area (Å²) in [7, 11) is -3.56. The van der Waals surface area contributed by atoms with E-state index >= 15 is 0 Å². The Hall–Kier alpha value is -3.58. The van der Waals surface area contributed by atoms with Gasteiger partial charge in [0.1, 0.15) is 4.24 Å². The molecule has 38 heavy (non-hydrogen) atoms. The van der Waals surface area contributed by atoms with Crippen LogP contribution in [0.4, 0.5) is 17.1 Å². The molecule has 0 radical (unpaired) electrons. The first-order valence-corrected chi connectivity index (χ1v) is 15.7. The van der Waals surface area contributed by atoms with E-state index in [1.54, 1.807) is 35.8 Å². The van der Waals surface area contributed by atoms with Gasteiger partial charge in [0.15, 0.2) is 0 Å². The Morgan fingerprint density at radius 2 is 1.26 bits per heavy atom. The maximum atomic E-state index is 13.2. The lowest BCUT2D eigenvalue weighted by molar-refractivity contribution is 0.604. The molecule has 0 atom stereocenters. The monoisotopic (exact) mass is 553 g/mol. The van der Waals surface area contributed by atoms with Crippen LogP contribution < -0.4 is 4.90 Å². The summed E-state index contributed by atoms with van der Waals surface area (Å²) in [5.74, 6) is 0. The third kappa shape index (κ3) is 5.63. The number of benzene rings is 4. The lowest BCUT2D eigenvalue weighted by Gasteiger charge is -2.25. The average molecular weight is 554 g/mol. The molecule has 0 fully saturated rings. The van der Waals surface area contributed by atoms with Gasteiger partial charge in [-0.05, 0) is 85.5 Å². The molecule has 190 valence electrons. The predicted molar refractivity (Wildman–Crippen MR) is 164 cm³/mol. The SMILES string of the molecule is CSC(=Cc1ccc(-c2ccc(N(c3ccccc3)c3ccccc3)cc2)s1)S(=O)(=O)c1ccc(C)cc1. The Bertz CT molecular complexity index is 1600. The molecule has 0 saturated heterocycles. The van der Waals surface area contributed by atoms with Gasteiger partial charge in [0.05, 0.1) is 4.90 Å². The molecule has 0 N–H and O–H groups in total. The van der Waals surface area contributed by atoms with Crippen LogP contribution in [0.5, 0.6) is 0 Å². The Kier molecular flexibility index (Phi) is 7.84. The zero-order chi connectivity index (χ0) is 26.5. The molecule has 0 bridgehead atoms. The lowest BCUT2D eigenvalue weighted by Crippen LogP contribution is -2.09. The number of hydrogen-bond acceptors (Lipinski definition) is 5. The Labute approximate surface area is 233 Å². The van der Waals surface area contributed by atoms with Crippen molar-refractivity contribution in [2.24, 2.45) is 0 Å². The molecule has 0 amide bonds. The van der Waals surface area contributed by atoms with E-state index in [1.807, 2.05) is 67.6 Å². The van der Waals surface area contributed by atoms with Crippen molar-refractivity contribution < 1.29 is 8.42 Å². The van der Waals surface area contributed by atoms with Crippen LogP contribution in [0, 0.1) is 6.92 Å². The van der Waals surface area contributed by atoms with E-state index in [1.165, 1.54) is 11.8 Å². The first-order valence-electron chi connectivity index (χ1n) is 12.1. The predicted octanol–water partition coefficient (Wildman–Crippen LogP) is 9.33. The molecule has 3 nitrogen and oxygen atoms in total. The number of rotatable bonds is 8. The molecule has 0 aliphatic carbocycles. The molecular formula is C32H27NO2S3. The molecule has 0 aliphatic heterocycles. The molecule has 0 aliphatic rings. The molecule has 0 spiro atoms. The van der Waals surface area contributed by atoms with Crippen molar-refractivity contribution in [2.75, 3.05) is 11.2 Å². The van der Waals surface area contributed by atoms with Crippen LogP contribution in [0.2, 0.25) is 0 Å². The van der Waals surface area contributed by atoms with Crippen molar-refractivity contribution in [3.05, 3.63) is 136 Å². The zero-order valence-electron chi connectivity index (χ0n) is 21.1. The lowest BCUT2D eigenvalue weighted by atomic mass is 10.1. The fourth-order valence-corrected chi connectivity index (χ4v) is 7.68. The van der Waals surface area contributed by atoms with Gasteiger partial charge in [-0.15, -0.1) is 23.1 Å². The van der Waals surface area contributed by atoms with Gasteiger partial charge in [-0.25, -0.2) is 8.42 Å². The van der Waals surface area contributed by atoms with Gasteiger partial charge in [-0.1, -0.05) is 66.2 Å². The minimum Gasteiger partial charge on any atom is -0.311 e. The summed E-state index contributed by atoms with van der Waals surface area (Å²) in [4.78, 5) is 4.53. The van der Waals surface area contributed by atoms with E-state index in [4.69, 9.17) is 0 Å². The summed E-state index contributed by atoms with van der Waals surface area (Å²) in [6, 6.07) is 40.1. The Morgan fingerprint density at radius 3 is 1.82 bits per heavy atom. The standard InChI is InChI=1S/C32H27NO2S3/c1-24-13-20-30(21-14-24)38(34,35)32(36-2)23-29-19-22-31(37-29)25-15-17-28(18-16-25)33(26-9-5-3-6-10-26)27-11-7-4-8-12-27/h3-23H,1-2H3. The topological polar surface area (TPSA) is 37.4 Å². The van der Waals surface area contributed by atoms with E-state index in [0.29, 0.717) is 9.13 Å². The van der Waals surface area contributed by atoms with Crippen molar-refractivity contribution in [3.8, 4) is 10.4 Å². The number of thioether (sulfide) groups is 1. The second kappa shape index (κ2) is 11.4. The van der Waals surface area contributed by atoms with Gasteiger partial charge in [-0.2, -0.15) is 0 Å². The van der Waals surface area contributed by atoms with Gasteiger partial charge in [0.2, 0.25) is 9.84 Å². The number of sulfone groups is 1. The summed E-state index contributed by atoms with van der Waals surface area (Å²) in [6.45, 7) is 1.95. The van der Waals surface area contributed by atoms with Crippen molar-refractivity contribution in [1.82, 2.24) is 0 Å². The molecule has 0 unspecified atom stereocenters. The number of hydrogen-bond donors (Lipinski definition) is 0. The fourth-order valence-electron chi connectivity index (χ4n) is 4.16.